The molecule has 3 aromatic rings. The molecule has 0 saturated carbocycles. The Balaban J connectivity index is 1.89. The maximum absolute atomic E-state index is 11.5. The molecule has 0 aliphatic heterocycles. The largest absolute Gasteiger partial charge is 0.292 e. The lowest BCUT2D eigenvalue weighted by molar-refractivity contribution is -0.107. The molecule has 24 heavy (non-hydrogen) atoms. The van der Waals surface area contributed by atoms with Gasteiger partial charge in [-0.3, -0.25) is 14.9 Å². The van der Waals surface area contributed by atoms with Crippen LogP contribution in [-0.2, 0) is 11.8 Å². The van der Waals surface area contributed by atoms with Crippen molar-refractivity contribution in [3.8, 4) is 11.3 Å². The Morgan fingerprint density at radius 2 is 2.00 bits per heavy atom. The number of rotatable bonds is 5. The first-order chi connectivity index (χ1) is 11.6. The molecule has 1 amide bonds. The molecule has 122 valence electrons. The molecule has 0 fully saturated rings. The number of hydrogen-bond acceptors (Lipinski definition) is 3. The molecule has 1 heterocycles. The maximum Gasteiger partial charge on any atom is 0.232 e. The number of hydrazine groups is 1. The van der Waals surface area contributed by atoms with E-state index in [-0.39, 0.29) is 0 Å². The minimum Gasteiger partial charge on any atom is -0.292 e. The number of carbonyl (C=O) groups is 1. The molecule has 0 spiro atoms. The zero-order valence-electron chi connectivity index (χ0n) is 12.8. The number of hydrogen-bond donors (Lipinski definition) is 1. The summed E-state index contributed by atoms with van der Waals surface area (Å²) in [7, 11) is 1.86. The van der Waals surface area contributed by atoms with Crippen LogP contribution in [0.5, 0.6) is 0 Å². The van der Waals surface area contributed by atoms with Crippen molar-refractivity contribution in [1.29, 1.82) is 0 Å². The molecule has 2 aromatic carbocycles. The Morgan fingerprint density at radius 1 is 1.25 bits per heavy atom. The first-order valence-electron chi connectivity index (χ1n) is 7.13. The standard InChI is InChI=1S/C17H14BrClN4O/c1-22-10-16(18)17(21-22)12-3-2-4-15(9-12)23(11-24)20-14-7-5-13(19)6-8-14/h2-11,20H,1H3. The monoisotopic (exact) mass is 404 g/mol. The van der Waals surface area contributed by atoms with E-state index in [0.29, 0.717) is 10.7 Å². The van der Waals surface area contributed by atoms with Crippen LogP contribution in [0.2, 0.25) is 5.02 Å². The highest BCUT2D eigenvalue weighted by Crippen LogP contribution is 2.29. The molecular formula is C17H14BrClN4O. The molecule has 0 radical (unpaired) electrons. The van der Waals surface area contributed by atoms with Gasteiger partial charge in [-0.1, -0.05) is 23.7 Å². The first kappa shape index (κ1) is 16.5. The van der Waals surface area contributed by atoms with Crippen LogP contribution < -0.4 is 10.4 Å². The molecule has 1 aromatic heterocycles. The number of aryl methyl sites for hydroxylation is 1. The van der Waals surface area contributed by atoms with E-state index in [1.54, 1.807) is 28.9 Å². The maximum atomic E-state index is 11.5. The van der Waals surface area contributed by atoms with Crippen molar-refractivity contribution < 1.29 is 4.79 Å². The summed E-state index contributed by atoms with van der Waals surface area (Å²) < 4.78 is 2.63. The lowest BCUT2D eigenvalue weighted by Crippen LogP contribution is -2.27. The Labute approximate surface area is 152 Å². The highest BCUT2D eigenvalue weighted by molar-refractivity contribution is 9.10. The molecule has 1 N–H and O–H groups in total. The van der Waals surface area contributed by atoms with Crippen molar-refractivity contribution in [2.45, 2.75) is 0 Å². The lowest BCUT2D eigenvalue weighted by Gasteiger charge is -2.20. The van der Waals surface area contributed by atoms with E-state index >= 15 is 0 Å². The number of amides is 1. The van der Waals surface area contributed by atoms with E-state index < -0.39 is 0 Å². The third kappa shape index (κ3) is 3.60. The molecule has 5 nitrogen and oxygen atoms in total. The van der Waals surface area contributed by atoms with Gasteiger partial charge in [0.05, 0.1) is 15.8 Å². The van der Waals surface area contributed by atoms with E-state index in [1.807, 2.05) is 37.5 Å². The van der Waals surface area contributed by atoms with Gasteiger partial charge in [-0.05, 0) is 52.3 Å². The topological polar surface area (TPSA) is 50.2 Å². The summed E-state index contributed by atoms with van der Waals surface area (Å²) in [6.07, 6.45) is 2.60. The number of nitrogens with one attached hydrogen (secondary N) is 1. The number of aromatic nitrogens is 2. The molecule has 3 rings (SSSR count). The number of nitrogens with zero attached hydrogens (tertiary/aromatic N) is 3. The summed E-state index contributed by atoms with van der Waals surface area (Å²) in [5, 5.41) is 6.47. The minimum atomic E-state index is 0.639. The molecular weight excluding hydrogens is 392 g/mol. The van der Waals surface area contributed by atoms with Gasteiger partial charge in [0, 0.05) is 23.8 Å². The Kier molecular flexibility index (Phi) is 4.87. The van der Waals surface area contributed by atoms with Crippen molar-refractivity contribution in [2.75, 3.05) is 10.4 Å². The number of benzene rings is 2. The van der Waals surface area contributed by atoms with E-state index in [9.17, 15) is 4.79 Å². The van der Waals surface area contributed by atoms with Gasteiger partial charge in [0.2, 0.25) is 6.41 Å². The van der Waals surface area contributed by atoms with Crippen LogP contribution in [-0.4, -0.2) is 16.2 Å². The van der Waals surface area contributed by atoms with Gasteiger partial charge < -0.3 is 0 Å². The zero-order chi connectivity index (χ0) is 17.1. The predicted octanol–water partition coefficient (Wildman–Crippen LogP) is 4.49. The number of halogens is 2. The van der Waals surface area contributed by atoms with Gasteiger partial charge in [0.1, 0.15) is 5.69 Å². The second-order valence-corrected chi connectivity index (χ2v) is 6.43. The smallest absolute Gasteiger partial charge is 0.232 e. The SMILES string of the molecule is Cn1cc(Br)c(-c2cccc(N(C=O)Nc3ccc(Cl)cc3)c2)n1. The fourth-order valence-electron chi connectivity index (χ4n) is 2.27. The van der Waals surface area contributed by atoms with Gasteiger partial charge in [0.15, 0.2) is 0 Å². The van der Waals surface area contributed by atoms with Crippen LogP contribution >= 0.6 is 27.5 Å². The number of carbonyl (C=O) groups excluding carboxylic acids is 1. The Morgan fingerprint density at radius 3 is 2.62 bits per heavy atom. The molecule has 0 aliphatic rings. The van der Waals surface area contributed by atoms with Gasteiger partial charge in [0.25, 0.3) is 0 Å². The van der Waals surface area contributed by atoms with Crippen LogP contribution in [0.15, 0.2) is 59.2 Å². The summed E-state index contributed by atoms with van der Waals surface area (Å²) in [6.45, 7) is 0. The van der Waals surface area contributed by atoms with E-state index in [0.717, 1.165) is 27.8 Å². The van der Waals surface area contributed by atoms with Crippen molar-refractivity contribution in [3.63, 3.8) is 0 Å². The average Bonchev–Trinajstić information content (AvgIpc) is 2.93. The van der Waals surface area contributed by atoms with Crippen LogP contribution in [0.3, 0.4) is 0 Å². The Bertz CT molecular complexity index is 863. The first-order valence-corrected chi connectivity index (χ1v) is 8.30. The van der Waals surface area contributed by atoms with Crippen molar-refractivity contribution in [1.82, 2.24) is 9.78 Å². The van der Waals surface area contributed by atoms with Crippen LogP contribution in [0.1, 0.15) is 0 Å². The van der Waals surface area contributed by atoms with E-state index in [1.165, 1.54) is 5.01 Å². The van der Waals surface area contributed by atoms with Crippen LogP contribution in [0.25, 0.3) is 11.3 Å². The predicted molar refractivity (Wildman–Crippen MR) is 100.0 cm³/mol. The summed E-state index contributed by atoms with van der Waals surface area (Å²) in [5.74, 6) is 0. The molecule has 7 heteroatoms. The third-order valence-corrected chi connectivity index (χ3v) is 4.21. The molecule has 0 saturated heterocycles. The highest BCUT2D eigenvalue weighted by atomic mass is 79.9. The summed E-state index contributed by atoms with van der Waals surface area (Å²) in [4.78, 5) is 11.5. The zero-order valence-corrected chi connectivity index (χ0v) is 15.1. The quantitative estimate of drug-likeness (QED) is 0.502. The summed E-state index contributed by atoms with van der Waals surface area (Å²) in [5.41, 5.74) is 6.23. The van der Waals surface area contributed by atoms with Crippen LogP contribution in [0, 0.1) is 0 Å². The second kappa shape index (κ2) is 7.07. The third-order valence-electron chi connectivity index (χ3n) is 3.38. The van der Waals surface area contributed by atoms with Crippen molar-refractivity contribution in [3.05, 3.63) is 64.2 Å². The minimum absolute atomic E-state index is 0.639. The fourth-order valence-corrected chi connectivity index (χ4v) is 3.00. The molecule has 0 unspecified atom stereocenters. The van der Waals surface area contributed by atoms with Crippen molar-refractivity contribution in [2.24, 2.45) is 7.05 Å². The number of anilines is 2. The van der Waals surface area contributed by atoms with Crippen molar-refractivity contribution >= 4 is 45.3 Å². The Hall–Kier alpha value is -2.31. The normalized spacial score (nSPS) is 10.5. The van der Waals surface area contributed by atoms with Crippen LogP contribution in [0.4, 0.5) is 11.4 Å². The highest BCUT2D eigenvalue weighted by Gasteiger charge is 2.11. The fraction of sp³-hybridized carbons (Fsp3) is 0.0588. The second-order valence-electron chi connectivity index (χ2n) is 5.14. The van der Waals surface area contributed by atoms with E-state index in [4.69, 9.17) is 11.6 Å². The van der Waals surface area contributed by atoms with E-state index in [2.05, 4.69) is 26.5 Å². The average molecular weight is 406 g/mol. The molecule has 0 atom stereocenters. The summed E-state index contributed by atoms with van der Waals surface area (Å²) >= 11 is 9.38. The van der Waals surface area contributed by atoms with Gasteiger partial charge in [-0.15, -0.1) is 0 Å². The van der Waals surface area contributed by atoms with Gasteiger partial charge >= 0.3 is 0 Å². The summed E-state index contributed by atoms with van der Waals surface area (Å²) in [6, 6.07) is 14.7. The molecule has 0 bridgehead atoms. The van der Waals surface area contributed by atoms with Gasteiger partial charge in [-0.25, -0.2) is 5.01 Å². The molecule has 0 aliphatic carbocycles. The van der Waals surface area contributed by atoms with Gasteiger partial charge in [-0.2, -0.15) is 5.10 Å². The lowest BCUT2D eigenvalue weighted by atomic mass is 10.1.